The minimum Gasteiger partial charge on any atom is -0.462 e. The maximum atomic E-state index is 12.8. The van der Waals surface area contributed by atoms with E-state index in [1.807, 2.05) is 12.2 Å². The summed E-state index contributed by atoms with van der Waals surface area (Å²) in [7, 11) is -9.77. The number of rotatable bonds is 40. The fourth-order valence-corrected chi connectivity index (χ4v) is 8.44. The van der Waals surface area contributed by atoms with Crippen molar-refractivity contribution in [3.8, 4) is 0 Å². The van der Waals surface area contributed by atoms with Crippen LogP contribution in [0.3, 0.4) is 0 Å². The smallest absolute Gasteiger partial charge is 0.462 e. The second-order valence-electron chi connectivity index (χ2n) is 16.7. The number of ether oxygens (including phenoxy) is 2. The van der Waals surface area contributed by atoms with Gasteiger partial charge in [-0.05, 0) is 38.0 Å². The van der Waals surface area contributed by atoms with Crippen molar-refractivity contribution in [2.24, 2.45) is 11.8 Å². The van der Waals surface area contributed by atoms with E-state index in [0.717, 1.165) is 38.5 Å². The molecule has 1 unspecified atom stereocenters. The number of hydrogen-bond donors (Lipinski definition) is 7. The van der Waals surface area contributed by atoms with E-state index >= 15 is 0 Å². The molecule has 16 nitrogen and oxygen atoms in total. The molecule has 1 fully saturated rings. The summed E-state index contributed by atoms with van der Waals surface area (Å²) in [5.74, 6) is -1.73. The van der Waals surface area contributed by atoms with E-state index in [-0.39, 0.29) is 31.1 Å². The molecule has 0 spiro atoms. The van der Waals surface area contributed by atoms with Gasteiger partial charge in [-0.2, -0.15) is 0 Å². The van der Waals surface area contributed by atoms with Crippen LogP contribution in [0.15, 0.2) is 24.3 Å². The molecule has 1 aliphatic carbocycles. The SMILES string of the molecule is CCCCCCCCCCCCCCCCCC(=O)OC[C@H](COP(=O)(O)OC[C@@H](O)COP(=O)(O)O)OC(=O)CCC/C=C/C[C@@H]1[C@@H](/C=C/[C@@H](O)CCCCC)[C@H](O)C[C@@H]1O. The molecule has 364 valence electrons. The van der Waals surface area contributed by atoms with Crippen LogP contribution in [0, 0.1) is 11.8 Å². The number of phosphoric acid groups is 2. The van der Waals surface area contributed by atoms with Gasteiger partial charge in [-0.3, -0.25) is 23.2 Å². The number of unbranched alkanes of at least 4 members (excludes halogenated alkanes) is 17. The lowest BCUT2D eigenvalue weighted by Gasteiger charge is -2.20. The molecule has 0 amide bonds. The molecular formula is C44H82O16P2. The summed E-state index contributed by atoms with van der Waals surface area (Å²) >= 11 is 0. The normalized spacial score (nSPS) is 20.7. The molecule has 0 aromatic carbocycles. The highest BCUT2D eigenvalue weighted by molar-refractivity contribution is 7.47. The Morgan fingerprint density at radius 3 is 1.77 bits per heavy atom. The number of hydrogen-bond acceptors (Lipinski definition) is 13. The summed E-state index contributed by atoms with van der Waals surface area (Å²) in [6.07, 6.45) is 25.5. The van der Waals surface area contributed by atoms with E-state index in [2.05, 4.69) is 22.9 Å². The van der Waals surface area contributed by atoms with Crippen molar-refractivity contribution in [1.29, 1.82) is 0 Å². The molecule has 0 heterocycles. The van der Waals surface area contributed by atoms with Gasteiger partial charge < -0.3 is 44.6 Å². The second-order valence-corrected chi connectivity index (χ2v) is 19.3. The standard InChI is InChI=1S/C44H82O16P2/c1-3-5-7-8-9-10-11-12-13-14-15-16-17-18-23-27-43(49)56-34-38(35-59-62(54,55)58-33-37(46)32-57-61(51,52)53)60-44(50)28-24-20-19-22-26-39-40(42(48)31-41(39)47)30-29-36(45)25-21-6-4-2/h19,22,29-30,36-42,45-48H,3-18,20-21,23-28,31-35H2,1-2H3,(H,54,55)(H2,51,52,53)/b22-19+,30-29+/t36-,37-,38+,39+,40+,41-,42+/m0/s1. The molecule has 62 heavy (non-hydrogen) atoms. The van der Waals surface area contributed by atoms with E-state index in [1.54, 1.807) is 12.2 Å². The van der Waals surface area contributed by atoms with Crippen LogP contribution in [-0.2, 0) is 41.8 Å². The second kappa shape index (κ2) is 35.7. The van der Waals surface area contributed by atoms with Crippen molar-refractivity contribution in [1.82, 2.24) is 0 Å². The van der Waals surface area contributed by atoms with E-state index < -0.39 is 84.5 Å². The van der Waals surface area contributed by atoms with E-state index in [4.69, 9.17) is 23.8 Å². The Morgan fingerprint density at radius 1 is 0.645 bits per heavy atom. The van der Waals surface area contributed by atoms with Gasteiger partial charge in [0.05, 0.1) is 38.1 Å². The highest BCUT2D eigenvalue weighted by Gasteiger charge is 2.39. The number of carbonyl (C=O) groups is 2. The quantitative estimate of drug-likeness (QED) is 0.0132. The highest BCUT2D eigenvalue weighted by Crippen LogP contribution is 2.44. The fraction of sp³-hybridized carbons (Fsp3) is 0.864. The van der Waals surface area contributed by atoms with Crippen molar-refractivity contribution in [3.63, 3.8) is 0 Å². The van der Waals surface area contributed by atoms with E-state index in [9.17, 15) is 44.0 Å². The maximum absolute atomic E-state index is 12.8. The van der Waals surface area contributed by atoms with Crippen molar-refractivity contribution in [2.45, 2.75) is 205 Å². The Balaban J connectivity index is 2.55. The largest absolute Gasteiger partial charge is 0.472 e. The lowest BCUT2D eigenvalue weighted by Crippen LogP contribution is -2.29. The monoisotopic (exact) mass is 929 g/mol. The minimum atomic E-state index is -4.90. The van der Waals surface area contributed by atoms with Crippen molar-refractivity contribution < 1.29 is 76.9 Å². The topological polar surface area (TPSA) is 256 Å². The highest BCUT2D eigenvalue weighted by atomic mass is 31.2. The molecule has 7 N–H and O–H groups in total. The third-order valence-corrected chi connectivity index (χ3v) is 12.3. The zero-order valence-electron chi connectivity index (χ0n) is 37.6. The molecule has 0 aromatic rings. The Labute approximate surface area is 371 Å². The average molecular weight is 929 g/mol. The first kappa shape index (κ1) is 58.5. The molecule has 0 aliphatic heterocycles. The predicted molar refractivity (Wildman–Crippen MR) is 237 cm³/mol. The van der Waals surface area contributed by atoms with Crippen LogP contribution < -0.4 is 0 Å². The van der Waals surface area contributed by atoms with E-state index in [0.29, 0.717) is 32.1 Å². The Kier molecular flexibility index (Phi) is 33.7. The summed E-state index contributed by atoms with van der Waals surface area (Å²) in [5.41, 5.74) is 0. The lowest BCUT2D eigenvalue weighted by atomic mass is 9.89. The molecule has 0 saturated heterocycles. The average Bonchev–Trinajstić information content (AvgIpc) is 3.49. The van der Waals surface area contributed by atoms with Gasteiger partial charge in [0.15, 0.2) is 6.10 Å². The van der Waals surface area contributed by atoms with Crippen LogP contribution in [0.1, 0.15) is 174 Å². The molecule has 0 radical (unpaired) electrons. The number of aliphatic hydroxyl groups is 4. The van der Waals surface area contributed by atoms with Gasteiger partial charge in [-0.25, -0.2) is 9.13 Å². The molecule has 0 bridgehead atoms. The summed E-state index contributed by atoms with van der Waals surface area (Å²) < 4.78 is 47.8. The number of allylic oxidation sites excluding steroid dienone is 2. The number of aliphatic hydroxyl groups excluding tert-OH is 4. The molecule has 18 heteroatoms. The van der Waals surface area contributed by atoms with Crippen LogP contribution in [0.25, 0.3) is 0 Å². The van der Waals surface area contributed by atoms with Crippen LogP contribution in [0.2, 0.25) is 0 Å². The van der Waals surface area contributed by atoms with Crippen LogP contribution in [0.4, 0.5) is 0 Å². The fourth-order valence-electron chi connectivity index (χ4n) is 7.28. The van der Waals surface area contributed by atoms with Gasteiger partial charge in [0.25, 0.3) is 0 Å². The van der Waals surface area contributed by atoms with Crippen molar-refractivity contribution in [2.75, 3.05) is 26.4 Å². The van der Waals surface area contributed by atoms with Gasteiger partial charge in [0.1, 0.15) is 12.7 Å². The third kappa shape index (κ3) is 32.2. The third-order valence-electron chi connectivity index (χ3n) is 10.9. The minimum absolute atomic E-state index is 0.0426. The van der Waals surface area contributed by atoms with Crippen molar-refractivity contribution in [3.05, 3.63) is 24.3 Å². The molecule has 1 rings (SSSR count). The van der Waals surface area contributed by atoms with Gasteiger partial charge in [-0.1, -0.05) is 147 Å². The first-order valence-corrected chi connectivity index (χ1v) is 26.3. The molecule has 1 saturated carbocycles. The summed E-state index contributed by atoms with van der Waals surface area (Å²) in [6.45, 7) is 1.40. The Morgan fingerprint density at radius 2 is 1.18 bits per heavy atom. The van der Waals surface area contributed by atoms with Gasteiger partial charge >= 0.3 is 27.6 Å². The summed E-state index contributed by atoms with van der Waals surface area (Å²) in [5, 5.41) is 41.1. The number of carbonyl (C=O) groups excluding carboxylic acids is 2. The summed E-state index contributed by atoms with van der Waals surface area (Å²) in [6, 6.07) is 0. The molecule has 1 aliphatic rings. The first-order valence-electron chi connectivity index (χ1n) is 23.3. The Bertz CT molecular complexity index is 1310. The number of esters is 2. The molecular weight excluding hydrogens is 846 g/mol. The predicted octanol–water partition coefficient (Wildman–Crippen LogP) is 8.28. The van der Waals surface area contributed by atoms with E-state index in [1.165, 1.54) is 70.6 Å². The molecule has 0 aromatic heterocycles. The maximum Gasteiger partial charge on any atom is 0.472 e. The zero-order valence-corrected chi connectivity index (χ0v) is 39.3. The molecule has 8 atom stereocenters. The van der Waals surface area contributed by atoms with Crippen LogP contribution in [-0.4, -0.2) is 104 Å². The lowest BCUT2D eigenvalue weighted by molar-refractivity contribution is -0.161. The van der Waals surface area contributed by atoms with Gasteiger partial charge in [0, 0.05) is 25.2 Å². The Hall–Kier alpha value is -1.52. The van der Waals surface area contributed by atoms with Crippen molar-refractivity contribution >= 4 is 27.6 Å². The van der Waals surface area contributed by atoms with Crippen LogP contribution in [0.5, 0.6) is 0 Å². The van der Waals surface area contributed by atoms with Gasteiger partial charge in [-0.15, -0.1) is 0 Å². The first-order chi connectivity index (χ1) is 29.6. The zero-order chi connectivity index (χ0) is 46.1. The summed E-state index contributed by atoms with van der Waals surface area (Å²) in [4.78, 5) is 53.0. The van der Waals surface area contributed by atoms with Crippen LogP contribution >= 0.6 is 15.6 Å². The van der Waals surface area contributed by atoms with Gasteiger partial charge in [0.2, 0.25) is 0 Å². The number of phosphoric ester groups is 2.